The van der Waals surface area contributed by atoms with E-state index in [1.54, 1.807) is 17.0 Å². The zero-order valence-electron chi connectivity index (χ0n) is 15.5. The predicted molar refractivity (Wildman–Crippen MR) is 101 cm³/mol. The molecule has 1 heterocycles. The van der Waals surface area contributed by atoms with Gasteiger partial charge in [-0.1, -0.05) is 6.42 Å². The first-order chi connectivity index (χ1) is 13.1. The number of carbonyl (C=O) groups excluding carboxylic acids is 3. The van der Waals surface area contributed by atoms with Crippen LogP contribution in [0.3, 0.4) is 0 Å². The van der Waals surface area contributed by atoms with E-state index in [1.165, 1.54) is 19.3 Å². The van der Waals surface area contributed by atoms with Gasteiger partial charge >= 0.3 is 5.97 Å². The number of carbonyl (C=O) groups is 3. The molecule has 2 saturated carbocycles. The van der Waals surface area contributed by atoms with E-state index < -0.39 is 0 Å². The third-order valence-electron chi connectivity index (χ3n) is 6.21. The Bertz CT molecular complexity index is 730. The summed E-state index contributed by atoms with van der Waals surface area (Å²) < 4.78 is 5.16. The minimum absolute atomic E-state index is 0.134. The first-order valence-electron chi connectivity index (χ1n) is 9.94. The molecule has 2 aliphatic carbocycles. The first-order valence-corrected chi connectivity index (χ1v) is 9.94. The van der Waals surface area contributed by atoms with Crippen LogP contribution in [0.5, 0.6) is 0 Å². The monoisotopic (exact) mass is 370 g/mol. The van der Waals surface area contributed by atoms with Gasteiger partial charge in [0.25, 0.3) is 5.91 Å². The molecule has 6 heteroatoms. The Morgan fingerprint density at radius 2 is 1.96 bits per heavy atom. The number of fused-ring (bicyclic) bond motifs is 2. The van der Waals surface area contributed by atoms with Gasteiger partial charge < -0.3 is 15.0 Å². The number of anilines is 2. The molecule has 1 saturated heterocycles. The van der Waals surface area contributed by atoms with Gasteiger partial charge in [0, 0.05) is 30.8 Å². The molecule has 1 aromatic rings. The van der Waals surface area contributed by atoms with Crippen molar-refractivity contribution >= 4 is 29.2 Å². The van der Waals surface area contributed by atoms with Crippen molar-refractivity contribution in [3.63, 3.8) is 0 Å². The van der Waals surface area contributed by atoms with Gasteiger partial charge in [-0.25, -0.2) is 0 Å². The maximum Gasteiger partial charge on any atom is 0.306 e. The number of rotatable bonds is 6. The lowest BCUT2D eigenvalue weighted by Gasteiger charge is -2.20. The van der Waals surface area contributed by atoms with Gasteiger partial charge in [0.05, 0.1) is 0 Å². The minimum Gasteiger partial charge on any atom is -0.456 e. The highest BCUT2D eigenvalue weighted by atomic mass is 16.5. The van der Waals surface area contributed by atoms with Crippen LogP contribution in [0.25, 0.3) is 0 Å². The van der Waals surface area contributed by atoms with Crippen molar-refractivity contribution < 1.29 is 19.1 Å². The van der Waals surface area contributed by atoms with Crippen molar-refractivity contribution in [2.24, 2.45) is 17.8 Å². The summed E-state index contributed by atoms with van der Waals surface area (Å²) in [7, 11) is 0. The van der Waals surface area contributed by atoms with Crippen LogP contribution in [-0.2, 0) is 19.1 Å². The Balaban J connectivity index is 1.21. The molecule has 1 aromatic carbocycles. The van der Waals surface area contributed by atoms with E-state index in [1.807, 2.05) is 12.1 Å². The van der Waals surface area contributed by atoms with Crippen LogP contribution >= 0.6 is 0 Å². The summed E-state index contributed by atoms with van der Waals surface area (Å²) in [6.45, 7) is 0.481. The van der Waals surface area contributed by atoms with Crippen molar-refractivity contribution in [1.82, 2.24) is 0 Å². The standard InChI is InChI=1S/C21H26N2O4/c24-19(13-27-21(26)12-16-11-14-3-4-15(16)10-14)22-17-5-7-18(8-6-17)23-9-1-2-20(23)25/h5-8,14-16H,1-4,9-13H2,(H,22,24)/t14-,15+,16-/m0/s1. The fraction of sp³-hybridized carbons (Fsp3) is 0.571. The van der Waals surface area contributed by atoms with Gasteiger partial charge in [-0.3, -0.25) is 14.4 Å². The number of hydrogen-bond donors (Lipinski definition) is 1. The summed E-state index contributed by atoms with van der Waals surface area (Å²) in [5.41, 5.74) is 1.47. The third kappa shape index (κ3) is 4.15. The van der Waals surface area contributed by atoms with Crippen LogP contribution < -0.4 is 10.2 Å². The van der Waals surface area contributed by atoms with Gasteiger partial charge in [-0.2, -0.15) is 0 Å². The van der Waals surface area contributed by atoms with E-state index in [4.69, 9.17) is 4.74 Å². The molecule has 0 aromatic heterocycles. The molecule has 3 fully saturated rings. The number of esters is 1. The highest BCUT2D eigenvalue weighted by Crippen LogP contribution is 2.49. The fourth-order valence-electron chi connectivity index (χ4n) is 4.89. The smallest absolute Gasteiger partial charge is 0.306 e. The molecule has 2 bridgehead atoms. The second-order valence-corrected chi connectivity index (χ2v) is 8.04. The molecule has 0 radical (unpaired) electrons. The maximum atomic E-state index is 12.0. The molecule has 1 aliphatic heterocycles. The molecule has 0 unspecified atom stereocenters. The molecular weight excluding hydrogens is 344 g/mol. The molecule has 2 amide bonds. The van der Waals surface area contributed by atoms with E-state index in [0.29, 0.717) is 30.4 Å². The summed E-state index contributed by atoms with van der Waals surface area (Å²) in [6, 6.07) is 7.16. The van der Waals surface area contributed by atoms with E-state index in [9.17, 15) is 14.4 Å². The number of benzene rings is 1. The van der Waals surface area contributed by atoms with Crippen molar-refractivity contribution in [1.29, 1.82) is 0 Å². The molecule has 0 spiro atoms. The lowest BCUT2D eigenvalue weighted by atomic mass is 9.86. The summed E-state index contributed by atoms with van der Waals surface area (Å²) in [4.78, 5) is 37.5. The summed E-state index contributed by atoms with van der Waals surface area (Å²) >= 11 is 0. The Morgan fingerprint density at radius 3 is 2.59 bits per heavy atom. The molecule has 1 N–H and O–H groups in total. The van der Waals surface area contributed by atoms with Crippen molar-refractivity contribution in [3.05, 3.63) is 24.3 Å². The first kappa shape index (κ1) is 18.0. The Kier molecular flexibility index (Phi) is 5.14. The lowest BCUT2D eigenvalue weighted by molar-refractivity contribution is -0.148. The molecule has 3 atom stereocenters. The average Bonchev–Trinajstić information content (AvgIpc) is 3.38. The van der Waals surface area contributed by atoms with Gasteiger partial charge in [-0.05, 0) is 67.7 Å². The molecule has 27 heavy (non-hydrogen) atoms. The van der Waals surface area contributed by atoms with Crippen molar-refractivity contribution in [3.8, 4) is 0 Å². The molecule has 6 nitrogen and oxygen atoms in total. The van der Waals surface area contributed by atoms with Crippen LogP contribution in [0, 0.1) is 17.8 Å². The summed E-state index contributed by atoms with van der Waals surface area (Å²) in [5.74, 6) is 1.44. The van der Waals surface area contributed by atoms with Crippen LogP contribution in [0.15, 0.2) is 24.3 Å². The third-order valence-corrected chi connectivity index (χ3v) is 6.21. The van der Waals surface area contributed by atoms with Crippen LogP contribution in [0.2, 0.25) is 0 Å². The lowest BCUT2D eigenvalue weighted by Crippen LogP contribution is -2.24. The SMILES string of the molecule is O=C(COC(=O)C[C@@H]1C[C@H]2CC[C@@H]1C2)Nc1ccc(N2CCCC2=O)cc1. The second-order valence-electron chi connectivity index (χ2n) is 8.04. The highest BCUT2D eigenvalue weighted by molar-refractivity contribution is 5.96. The van der Waals surface area contributed by atoms with E-state index in [-0.39, 0.29) is 24.4 Å². The van der Waals surface area contributed by atoms with Crippen molar-refractivity contribution in [2.75, 3.05) is 23.4 Å². The van der Waals surface area contributed by atoms with Crippen molar-refractivity contribution in [2.45, 2.75) is 44.9 Å². The minimum atomic E-state index is -0.346. The topological polar surface area (TPSA) is 75.7 Å². The number of hydrogen-bond acceptors (Lipinski definition) is 4. The normalized spacial score (nSPS) is 26.4. The average molecular weight is 370 g/mol. The Labute approximate surface area is 159 Å². The van der Waals surface area contributed by atoms with Gasteiger partial charge in [-0.15, -0.1) is 0 Å². The van der Waals surface area contributed by atoms with E-state index >= 15 is 0 Å². The maximum absolute atomic E-state index is 12.0. The van der Waals surface area contributed by atoms with Crippen LogP contribution in [0.1, 0.15) is 44.9 Å². The molecular formula is C21H26N2O4. The Hall–Kier alpha value is -2.37. The van der Waals surface area contributed by atoms with Crippen LogP contribution in [-0.4, -0.2) is 30.9 Å². The number of amides is 2. The molecule has 3 aliphatic rings. The van der Waals surface area contributed by atoms with Crippen LogP contribution in [0.4, 0.5) is 11.4 Å². The number of ether oxygens (including phenoxy) is 1. The highest BCUT2D eigenvalue weighted by Gasteiger charge is 2.40. The number of nitrogens with one attached hydrogen (secondary N) is 1. The van der Waals surface area contributed by atoms with Gasteiger partial charge in [0.15, 0.2) is 6.61 Å². The largest absolute Gasteiger partial charge is 0.456 e. The van der Waals surface area contributed by atoms with E-state index in [0.717, 1.165) is 31.0 Å². The fourth-order valence-corrected chi connectivity index (χ4v) is 4.89. The van der Waals surface area contributed by atoms with E-state index in [2.05, 4.69) is 5.32 Å². The number of nitrogens with zero attached hydrogens (tertiary/aromatic N) is 1. The zero-order chi connectivity index (χ0) is 18.8. The van der Waals surface area contributed by atoms with Gasteiger partial charge in [0.2, 0.25) is 5.91 Å². The zero-order valence-corrected chi connectivity index (χ0v) is 15.5. The molecule has 144 valence electrons. The Morgan fingerprint density at radius 1 is 1.15 bits per heavy atom. The summed E-state index contributed by atoms with van der Waals surface area (Å²) in [6.07, 6.45) is 6.85. The molecule has 4 rings (SSSR count). The van der Waals surface area contributed by atoms with Gasteiger partial charge in [0.1, 0.15) is 0 Å². The predicted octanol–water partition coefficient (Wildman–Crippen LogP) is 3.12. The second kappa shape index (κ2) is 7.71. The quantitative estimate of drug-likeness (QED) is 0.781. The summed E-state index contributed by atoms with van der Waals surface area (Å²) in [5, 5.41) is 2.73.